The summed E-state index contributed by atoms with van der Waals surface area (Å²) in [6, 6.07) is 20.2. The maximum atomic E-state index is 12.7. The van der Waals surface area contributed by atoms with Crippen molar-refractivity contribution in [3.8, 4) is 0 Å². The molecule has 140 valence electrons. The first-order valence-electron chi connectivity index (χ1n) is 9.35. The fourth-order valence-corrected chi connectivity index (χ4v) is 3.32. The SMILES string of the molecule is O=C(NC(=S)NCc1ccccc1)C1=C(NCc2ccccc2)CCCC1. The summed E-state index contributed by atoms with van der Waals surface area (Å²) >= 11 is 5.29. The van der Waals surface area contributed by atoms with Gasteiger partial charge in [0.15, 0.2) is 5.11 Å². The summed E-state index contributed by atoms with van der Waals surface area (Å²) in [5.74, 6) is -0.101. The molecule has 0 aliphatic heterocycles. The Morgan fingerprint density at radius 1 is 0.852 bits per heavy atom. The Hall–Kier alpha value is -2.66. The van der Waals surface area contributed by atoms with E-state index < -0.39 is 0 Å². The highest BCUT2D eigenvalue weighted by Crippen LogP contribution is 2.23. The molecule has 27 heavy (non-hydrogen) atoms. The van der Waals surface area contributed by atoms with Crippen molar-refractivity contribution in [3.05, 3.63) is 83.1 Å². The van der Waals surface area contributed by atoms with Gasteiger partial charge in [0.25, 0.3) is 5.91 Å². The number of benzene rings is 2. The van der Waals surface area contributed by atoms with E-state index in [0.29, 0.717) is 11.7 Å². The summed E-state index contributed by atoms with van der Waals surface area (Å²) in [5.41, 5.74) is 4.18. The highest BCUT2D eigenvalue weighted by atomic mass is 32.1. The summed E-state index contributed by atoms with van der Waals surface area (Å²) in [6.45, 7) is 1.32. The average Bonchev–Trinajstić information content (AvgIpc) is 2.72. The Kier molecular flexibility index (Phi) is 6.99. The monoisotopic (exact) mass is 379 g/mol. The Labute approximate surface area is 166 Å². The maximum absolute atomic E-state index is 12.7. The van der Waals surface area contributed by atoms with Crippen molar-refractivity contribution >= 4 is 23.2 Å². The van der Waals surface area contributed by atoms with E-state index in [0.717, 1.165) is 49.1 Å². The van der Waals surface area contributed by atoms with Crippen molar-refractivity contribution in [1.29, 1.82) is 0 Å². The van der Waals surface area contributed by atoms with Crippen LogP contribution in [-0.2, 0) is 17.9 Å². The van der Waals surface area contributed by atoms with Crippen molar-refractivity contribution in [3.63, 3.8) is 0 Å². The van der Waals surface area contributed by atoms with Crippen LogP contribution in [0.1, 0.15) is 36.8 Å². The van der Waals surface area contributed by atoms with Crippen molar-refractivity contribution < 1.29 is 4.79 Å². The molecular weight excluding hydrogens is 354 g/mol. The number of rotatable bonds is 6. The number of carbonyl (C=O) groups excluding carboxylic acids is 1. The summed E-state index contributed by atoms with van der Waals surface area (Å²) in [6.07, 6.45) is 3.82. The lowest BCUT2D eigenvalue weighted by molar-refractivity contribution is -0.116. The molecule has 3 N–H and O–H groups in total. The number of amides is 1. The molecule has 0 fully saturated rings. The second kappa shape index (κ2) is 9.88. The zero-order valence-corrected chi connectivity index (χ0v) is 16.1. The normalized spacial score (nSPS) is 13.8. The Morgan fingerprint density at radius 2 is 1.44 bits per heavy atom. The molecule has 2 aromatic rings. The van der Waals surface area contributed by atoms with Crippen LogP contribution in [0, 0.1) is 0 Å². The topological polar surface area (TPSA) is 53.2 Å². The smallest absolute Gasteiger partial charge is 0.255 e. The van der Waals surface area contributed by atoms with E-state index in [4.69, 9.17) is 12.2 Å². The molecule has 5 heteroatoms. The predicted octanol–water partition coefficient (Wildman–Crippen LogP) is 3.80. The van der Waals surface area contributed by atoms with Gasteiger partial charge >= 0.3 is 0 Å². The van der Waals surface area contributed by atoms with E-state index in [-0.39, 0.29) is 5.91 Å². The van der Waals surface area contributed by atoms with E-state index in [2.05, 4.69) is 28.1 Å². The van der Waals surface area contributed by atoms with Gasteiger partial charge in [-0.2, -0.15) is 0 Å². The van der Waals surface area contributed by atoms with Crippen LogP contribution in [0.2, 0.25) is 0 Å². The third kappa shape index (κ3) is 5.93. The molecule has 0 saturated heterocycles. The Morgan fingerprint density at radius 3 is 2.11 bits per heavy atom. The van der Waals surface area contributed by atoms with E-state index in [9.17, 15) is 4.79 Å². The Bertz CT molecular complexity index is 803. The molecule has 0 atom stereocenters. The second-order valence-corrected chi connectivity index (χ2v) is 7.03. The molecule has 0 unspecified atom stereocenters. The molecule has 1 aliphatic carbocycles. The molecule has 1 amide bonds. The minimum atomic E-state index is -0.101. The van der Waals surface area contributed by atoms with Crippen LogP contribution in [0.4, 0.5) is 0 Å². The fourth-order valence-electron chi connectivity index (χ4n) is 3.16. The predicted molar refractivity (Wildman–Crippen MR) is 113 cm³/mol. The zero-order valence-electron chi connectivity index (χ0n) is 15.3. The average molecular weight is 380 g/mol. The van der Waals surface area contributed by atoms with Gasteiger partial charge in [-0.25, -0.2) is 0 Å². The van der Waals surface area contributed by atoms with Crippen molar-refractivity contribution in [2.24, 2.45) is 0 Å². The third-order valence-corrected chi connectivity index (χ3v) is 4.86. The van der Waals surface area contributed by atoms with Crippen LogP contribution >= 0.6 is 12.2 Å². The lowest BCUT2D eigenvalue weighted by Crippen LogP contribution is -2.40. The van der Waals surface area contributed by atoms with E-state index in [1.54, 1.807) is 0 Å². The number of nitrogens with one attached hydrogen (secondary N) is 3. The molecule has 0 heterocycles. The minimum Gasteiger partial charge on any atom is -0.384 e. The molecule has 0 radical (unpaired) electrons. The van der Waals surface area contributed by atoms with Gasteiger partial charge in [-0.05, 0) is 49.0 Å². The molecule has 0 spiro atoms. The standard InChI is InChI=1S/C22H25N3OS/c26-21(25-22(27)24-16-18-11-5-2-6-12-18)19-13-7-8-14-20(19)23-15-17-9-3-1-4-10-17/h1-6,9-12,23H,7-8,13-16H2,(H2,24,25,26,27). The van der Waals surface area contributed by atoms with Crippen LogP contribution in [0.5, 0.6) is 0 Å². The first kappa shape index (κ1) is 19.1. The Balaban J connectivity index is 1.56. The molecule has 1 aliphatic rings. The van der Waals surface area contributed by atoms with Crippen molar-refractivity contribution in [2.75, 3.05) is 0 Å². The fraction of sp³-hybridized carbons (Fsp3) is 0.273. The van der Waals surface area contributed by atoms with Gasteiger partial charge in [-0.3, -0.25) is 10.1 Å². The van der Waals surface area contributed by atoms with Crippen LogP contribution < -0.4 is 16.0 Å². The van der Waals surface area contributed by atoms with Crippen molar-refractivity contribution in [2.45, 2.75) is 38.8 Å². The number of allylic oxidation sites excluding steroid dienone is 1. The molecule has 4 nitrogen and oxygen atoms in total. The molecule has 2 aromatic carbocycles. The molecule has 0 aromatic heterocycles. The quantitative estimate of drug-likeness (QED) is 0.669. The van der Waals surface area contributed by atoms with Crippen LogP contribution in [0.3, 0.4) is 0 Å². The van der Waals surface area contributed by atoms with E-state index >= 15 is 0 Å². The molecular formula is C22H25N3OS. The summed E-state index contributed by atoms with van der Waals surface area (Å²) in [7, 11) is 0. The largest absolute Gasteiger partial charge is 0.384 e. The maximum Gasteiger partial charge on any atom is 0.255 e. The molecule has 0 bridgehead atoms. The third-order valence-electron chi connectivity index (χ3n) is 4.61. The number of hydrogen-bond acceptors (Lipinski definition) is 3. The van der Waals surface area contributed by atoms with Gasteiger partial charge in [-0.15, -0.1) is 0 Å². The van der Waals surface area contributed by atoms with Gasteiger partial charge in [0.2, 0.25) is 0 Å². The van der Waals surface area contributed by atoms with Gasteiger partial charge in [0.05, 0.1) is 0 Å². The van der Waals surface area contributed by atoms with Crippen LogP contribution in [0.25, 0.3) is 0 Å². The lowest BCUT2D eigenvalue weighted by Gasteiger charge is -2.21. The van der Waals surface area contributed by atoms with Gasteiger partial charge in [0.1, 0.15) is 0 Å². The van der Waals surface area contributed by atoms with Crippen molar-refractivity contribution in [1.82, 2.24) is 16.0 Å². The number of thiocarbonyl (C=S) groups is 1. The lowest BCUT2D eigenvalue weighted by atomic mass is 9.95. The van der Waals surface area contributed by atoms with E-state index in [1.807, 2.05) is 48.5 Å². The zero-order chi connectivity index (χ0) is 18.9. The highest BCUT2D eigenvalue weighted by molar-refractivity contribution is 7.80. The van der Waals surface area contributed by atoms with E-state index in [1.165, 1.54) is 5.56 Å². The summed E-state index contributed by atoms with van der Waals surface area (Å²) in [5, 5.41) is 9.75. The summed E-state index contributed by atoms with van der Waals surface area (Å²) < 4.78 is 0. The van der Waals surface area contributed by atoms with Gasteiger partial charge in [0, 0.05) is 24.4 Å². The molecule has 3 rings (SSSR count). The van der Waals surface area contributed by atoms with Crippen LogP contribution in [-0.4, -0.2) is 11.0 Å². The second-order valence-electron chi connectivity index (χ2n) is 6.63. The highest BCUT2D eigenvalue weighted by Gasteiger charge is 2.19. The van der Waals surface area contributed by atoms with Gasteiger partial charge in [-0.1, -0.05) is 60.7 Å². The number of carbonyl (C=O) groups is 1. The van der Waals surface area contributed by atoms with Gasteiger partial charge < -0.3 is 10.6 Å². The first-order valence-corrected chi connectivity index (χ1v) is 9.76. The first-order chi connectivity index (χ1) is 13.2. The number of hydrogen-bond donors (Lipinski definition) is 3. The minimum absolute atomic E-state index is 0.101. The van der Waals surface area contributed by atoms with Crippen LogP contribution in [0.15, 0.2) is 71.9 Å². The summed E-state index contributed by atoms with van der Waals surface area (Å²) in [4.78, 5) is 12.7. The molecule has 0 saturated carbocycles.